The third-order valence-electron chi connectivity index (χ3n) is 3.58. The fourth-order valence-electron chi connectivity index (χ4n) is 2.14. The standard InChI is InChI=1S/C17H28N2O2/c1-13(2)16-9-7-15(8-10-16)12-19(4)17(21)18-14(3)6-5-11-20/h7-10,13-14,20H,5-6,11-12H2,1-4H3,(H,18,21). The molecule has 4 nitrogen and oxygen atoms in total. The number of nitrogens with one attached hydrogen (secondary N) is 1. The molecule has 1 atom stereocenters. The van der Waals surface area contributed by atoms with Crippen LogP contribution in [0.4, 0.5) is 4.79 Å². The molecule has 118 valence electrons. The van der Waals surface area contributed by atoms with Crippen molar-refractivity contribution in [3.8, 4) is 0 Å². The van der Waals surface area contributed by atoms with Gasteiger partial charge in [0.1, 0.15) is 0 Å². The fourth-order valence-corrected chi connectivity index (χ4v) is 2.14. The Balaban J connectivity index is 2.48. The van der Waals surface area contributed by atoms with Gasteiger partial charge in [-0.15, -0.1) is 0 Å². The van der Waals surface area contributed by atoms with Crippen molar-refractivity contribution in [1.82, 2.24) is 10.2 Å². The first kappa shape index (κ1) is 17.5. The van der Waals surface area contributed by atoms with Crippen LogP contribution in [0.3, 0.4) is 0 Å². The van der Waals surface area contributed by atoms with Crippen LogP contribution >= 0.6 is 0 Å². The molecule has 1 aromatic rings. The summed E-state index contributed by atoms with van der Waals surface area (Å²) in [6.45, 7) is 7.05. The summed E-state index contributed by atoms with van der Waals surface area (Å²) in [7, 11) is 1.80. The molecular weight excluding hydrogens is 264 g/mol. The second kappa shape index (κ2) is 8.67. The van der Waals surface area contributed by atoms with E-state index >= 15 is 0 Å². The molecule has 1 unspecified atom stereocenters. The average molecular weight is 292 g/mol. The Morgan fingerprint density at radius 3 is 2.38 bits per heavy atom. The summed E-state index contributed by atoms with van der Waals surface area (Å²) in [6, 6.07) is 8.40. The molecule has 2 amide bonds. The summed E-state index contributed by atoms with van der Waals surface area (Å²) in [4.78, 5) is 13.7. The summed E-state index contributed by atoms with van der Waals surface area (Å²) in [5.41, 5.74) is 2.43. The van der Waals surface area contributed by atoms with Gasteiger partial charge in [-0.1, -0.05) is 38.1 Å². The molecule has 4 heteroatoms. The van der Waals surface area contributed by atoms with Crippen molar-refractivity contribution in [3.63, 3.8) is 0 Å². The Hall–Kier alpha value is -1.55. The molecule has 0 spiro atoms. The Morgan fingerprint density at radius 1 is 1.24 bits per heavy atom. The van der Waals surface area contributed by atoms with Crippen molar-refractivity contribution in [1.29, 1.82) is 0 Å². The van der Waals surface area contributed by atoms with Crippen LogP contribution in [0.25, 0.3) is 0 Å². The highest BCUT2D eigenvalue weighted by molar-refractivity contribution is 5.74. The maximum absolute atomic E-state index is 12.0. The average Bonchev–Trinajstić information content (AvgIpc) is 2.45. The zero-order valence-corrected chi connectivity index (χ0v) is 13.6. The van der Waals surface area contributed by atoms with Crippen molar-refractivity contribution in [3.05, 3.63) is 35.4 Å². The molecule has 2 N–H and O–H groups in total. The van der Waals surface area contributed by atoms with Crippen molar-refractivity contribution in [2.45, 2.75) is 52.1 Å². The largest absolute Gasteiger partial charge is 0.396 e. The van der Waals surface area contributed by atoms with E-state index in [1.807, 2.05) is 6.92 Å². The van der Waals surface area contributed by atoms with Gasteiger partial charge in [0, 0.05) is 26.2 Å². The van der Waals surface area contributed by atoms with Gasteiger partial charge in [0.15, 0.2) is 0 Å². The van der Waals surface area contributed by atoms with Crippen molar-refractivity contribution in [2.24, 2.45) is 0 Å². The van der Waals surface area contributed by atoms with Crippen LogP contribution in [0.5, 0.6) is 0 Å². The fraction of sp³-hybridized carbons (Fsp3) is 0.588. The summed E-state index contributed by atoms with van der Waals surface area (Å²) >= 11 is 0. The van der Waals surface area contributed by atoms with E-state index in [0.29, 0.717) is 18.9 Å². The van der Waals surface area contributed by atoms with E-state index in [2.05, 4.69) is 43.4 Å². The van der Waals surface area contributed by atoms with E-state index in [4.69, 9.17) is 5.11 Å². The predicted octanol–water partition coefficient (Wildman–Crippen LogP) is 3.11. The molecule has 0 aromatic heterocycles. The van der Waals surface area contributed by atoms with Gasteiger partial charge in [-0.25, -0.2) is 4.79 Å². The second-order valence-electron chi connectivity index (χ2n) is 5.97. The van der Waals surface area contributed by atoms with Gasteiger partial charge in [-0.3, -0.25) is 0 Å². The maximum Gasteiger partial charge on any atom is 0.317 e. The summed E-state index contributed by atoms with van der Waals surface area (Å²) in [6.07, 6.45) is 1.50. The van der Waals surface area contributed by atoms with E-state index < -0.39 is 0 Å². The minimum absolute atomic E-state index is 0.0756. The molecule has 21 heavy (non-hydrogen) atoms. The number of benzene rings is 1. The van der Waals surface area contributed by atoms with E-state index in [1.165, 1.54) is 5.56 Å². The van der Waals surface area contributed by atoms with Gasteiger partial charge in [0.25, 0.3) is 0 Å². The first-order chi connectivity index (χ1) is 9.93. The van der Waals surface area contributed by atoms with Gasteiger partial charge >= 0.3 is 6.03 Å². The Labute approximate surface area is 128 Å². The highest BCUT2D eigenvalue weighted by atomic mass is 16.3. The molecule has 0 bridgehead atoms. The number of rotatable bonds is 7. The molecule has 0 saturated carbocycles. The number of aliphatic hydroxyl groups excluding tert-OH is 1. The Morgan fingerprint density at radius 2 is 1.86 bits per heavy atom. The molecule has 1 rings (SSSR count). The predicted molar refractivity (Wildman–Crippen MR) is 86.3 cm³/mol. The number of hydrogen-bond acceptors (Lipinski definition) is 2. The zero-order chi connectivity index (χ0) is 15.8. The molecular formula is C17H28N2O2. The van der Waals surface area contributed by atoms with Crippen molar-refractivity contribution in [2.75, 3.05) is 13.7 Å². The highest BCUT2D eigenvalue weighted by Gasteiger charge is 2.12. The summed E-state index contributed by atoms with van der Waals surface area (Å²) < 4.78 is 0. The molecule has 1 aromatic carbocycles. The quantitative estimate of drug-likeness (QED) is 0.811. The Bertz CT molecular complexity index is 429. The number of hydrogen-bond donors (Lipinski definition) is 2. The lowest BCUT2D eigenvalue weighted by Crippen LogP contribution is -2.41. The molecule has 0 radical (unpaired) electrons. The maximum atomic E-state index is 12.0. The van der Waals surface area contributed by atoms with Gasteiger partial charge in [-0.05, 0) is 36.8 Å². The van der Waals surface area contributed by atoms with Crippen LogP contribution < -0.4 is 5.32 Å². The van der Waals surface area contributed by atoms with Crippen LogP contribution in [-0.2, 0) is 6.54 Å². The van der Waals surface area contributed by atoms with Crippen molar-refractivity contribution < 1.29 is 9.90 Å². The van der Waals surface area contributed by atoms with E-state index in [1.54, 1.807) is 11.9 Å². The van der Waals surface area contributed by atoms with Crippen LogP contribution in [-0.4, -0.2) is 35.7 Å². The number of carbonyl (C=O) groups excluding carboxylic acids is 1. The monoisotopic (exact) mass is 292 g/mol. The molecule has 0 heterocycles. The van der Waals surface area contributed by atoms with Crippen LogP contribution in [0.1, 0.15) is 50.7 Å². The molecule has 0 aliphatic heterocycles. The third-order valence-corrected chi connectivity index (χ3v) is 3.58. The normalized spacial score (nSPS) is 12.3. The van der Waals surface area contributed by atoms with Gasteiger partial charge in [0.05, 0.1) is 0 Å². The third kappa shape index (κ3) is 6.17. The van der Waals surface area contributed by atoms with Crippen LogP contribution in [0, 0.1) is 0 Å². The zero-order valence-electron chi connectivity index (χ0n) is 13.6. The Kier molecular flexibility index (Phi) is 7.23. The number of nitrogens with zero attached hydrogens (tertiary/aromatic N) is 1. The number of amides is 2. The lowest BCUT2D eigenvalue weighted by Gasteiger charge is -2.21. The molecule has 0 fully saturated rings. The number of urea groups is 1. The molecule has 0 saturated heterocycles. The summed E-state index contributed by atoms with van der Waals surface area (Å²) in [5, 5.41) is 11.7. The first-order valence-corrected chi connectivity index (χ1v) is 7.65. The van der Waals surface area contributed by atoms with Crippen molar-refractivity contribution >= 4 is 6.03 Å². The number of aliphatic hydroxyl groups is 1. The topological polar surface area (TPSA) is 52.6 Å². The SMILES string of the molecule is CC(CCCO)NC(=O)N(C)Cc1ccc(C(C)C)cc1. The van der Waals surface area contributed by atoms with Gasteiger partial charge in [-0.2, -0.15) is 0 Å². The minimum Gasteiger partial charge on any atom is -0.396 e. The van der Waals surface area contributed by atoms with E-state index in [0.717, 1.165) is 12.0 Å². The summed E-state index contributed by atoms with van der Waals surface area (Å²) in [5.74, 6) is 0.521. The highest BCUT2D eigenvalue weighted by Crippen LogP contribution is 2.15. The van der Waals surface area contributed by atoms with Gasteiger partial charge in [0.2, 0.25) is 0 Å². The van der Waals surface area contributed by atoms with Gasteiger partial charge < -0.3 is 15.3 Å². The molecule has 0 aliphatic rings. The van der Waals surface area contributed by atoms with E-state index in [-0.39, 0.29) is 18.7 Å². The first-order valence-electron chi connectivity index (χ1n) is 7.65. The minimum atomic E-state index is -0.0756. The smallest absolute Gasteiger partial charge is 0.317 e. The van der Waals surface area contributed by atoms with Crippen LogP contribution in [0.2, 0.25) is 0 Å². The van der Waals surface area contributed by atoms with Crippen LogP contribution in [0.15, 0.2) is 24.3 Å². The van der Waals surface area contributed by atoms with E-state index in [9.17, 15) is 4.79 Å². The number of carbonyl (C=O) groups is 1. The lowest BCUT2D eigenvalue weighted by molar-refractivity contribution is 0.201. The molecule has 0 aliphatic carbocycles. The lowest BCUT2D eigenvalue weighted by atomic mass is 10.0. The second-order valence-corrected chi connectivity index (χ2v) is 5.97.